The Morgan fingerprint density at radius 2 is 1.67 bits per heavy atom. The molecular weight excluding hydrogens is 204 g/mol. The number of benzene rings is 1. The van der Waals surface area contributed by atoms with Crippen molar-refractivity contribution in [2.45, 2.75) is 25.8 Å². The van der Waals surface area contributed by atoms with E-state index in [9.17, 15) is 0 Å². The first-order valence-electron chi connectivity index (χ1n) is 5.64. The quantitative estimate of drug-likeness (QED) is 0.518. The normalized spacial score (nSPS) is 11.7. The lowest BCUT2D eigenvalue weighted by atomic mass is 10.2. The van der Waals surface area contributed by atoms with Gasteiger partial charge in [-0.2, -0.15) is 0 Å². The van der Waals surface area contributed by atoms with Crippen molar-refractivity contribution in [2.24, 2.45) is 0 Å². The molecule has 1 rings (SSSR count). The van der Waals surface area contributed by atoms with E-state index < -0.39 is 0 Å². The van der Waals surface area contributed by atoms with Crippen LogP contribution in [0.15, 0.2) is 30.3 Å². The molecule has 0 amide bonds. The summed E-state index contributed by atoms with van der Waals surface area (Å²) in [5, 5.41) is 0. The highest BCUT2D eigenvalue weighted by Gasteiger charge is 2.08. The van der Waals surface area contributed by atoms with Crippen LogP contribution in [0.4, 0.5) is 0 Å². The monoisotopic (exact) mass is 224 g/mol. The first kappa shape index (κ1) is 12.4. The number of hydrogen-bond acceptors (Lipinski definition) is 2. The highest BCUT2D eigenvalue weighted by atomic mass is 28.2. The second-order valence-corrected chi connectivity index (χ2v) is 5.11. The van der Waals surface area contributed by atoms with Crippen LogP contribution in [-0.4, -0.2) is 28.6 Å². The van der Waals surface area contributed by atoms with Gasteiger partial charge in [-0.15, -0.1) is 0 Å². The molecule has 0 saturated carbocycles. The van der Waals surface area contributed by atoms with Crippen LogP contribution in [0.5, 0.6) is 0 Å². The molecule has 0 aromatic heterocycles. The van der Waals surface area contributed by atoms with Crippen LogP contribution in [0.25, 0.3) is 0 Å². The molecule has 1 aromatic rings. The minimum atomic E-state index is -0.339. The second-order valence-electron chi connectivity index (χ2n) is 3.36. The topological polar surface area (TPSA) is 18.5 Å². The van der Waals surface area contributed by atoms with Gasteiger partial charge in [0.1, 0.15) is 5.91 Å². The Balaban J connectivity index is 2.33. The highest BCUT2D eigenvalue weighted by molar-refractivity contribution is 6.36. The summed E-state index contributed by atoms with van der Waals surface area (Å²) in [6.07, 6.45) is 0. The minimum Gasteiger partial charge on any atom is -0.357 e. The van der Waals surface area contributed by atoms with E-state index in [1.165, 1.54) is 5.56 Å². The van der Waals surface area contributed by atoms with E-state index >= 15 is 0 Å². The first-order chi connectivity index (χ1) is 7.36. The summed E-state index contributed by atoms with van der Waals surface area (Å²) in [6.45, 7) is 5.52. The lowest BCUT2D eigenvalue weighted by molar-refractivity contribution is -0.0828. The predicted octanol–water partition coefficient (Wildman–Crippen LogP) is 1.71. The molecule has 0 heterocycles. The molecule has 0 unspecified atom stereocenters. The zero-order valence-corrected chi connectivity index (χ0v) is 11.0. The molecule has 0 fully saturated rings. The number of ether oxygens (including phenoxy) is 2. The Hall–Kier alpha value is -0.643. The maximum atomic E-state index is 5.54. The van der Waals surface area contributed by atoms with Gasteiger partial charge in [0.15, 0.2) is 0 Å². The van der Waals surface area contributed by atoms with Gasteiger partial charge in [-0.25, -0.2) is 0 Å². The van der Waals surface area contributed by atoms with Crippen LogP contribution in [0.1, 0.15) is 19.4 Å². The summed E-state index contributed by atoms with van der Waals surface area (Å²) in [5.74, 6) is 0.0835. The molecule has 15 heavy (non-hydrogen) atoms. The molecule has 0 aliphatic rings. The Bertz CT molecular complexity index is 245. The molecule has 0 bridgehead atoms. The maximum Gasteiger partial charge on any atom is 0.135 e. The molecule has 1 aromatic carbocycles. The molecule has 3 heteroatoms. The Kier molecular flexibility index (Phi) is 6.32. The van der Waals surface area contributed by atoms with Crippen molar-refractivity contribution in [1.29, 1.82) is 0 Å². The molecule has 2 nitrogen and oxygen atoms in total. The largest absolute Gasteiger partial charge is 0.357 e. The fraction of sp³-hybridized carbons (Fsp3) is 0.500. The van der Waals surface area contributed by atoms with Gasteiger partial charge in [0, 0.05) is 13.2 Å². The van der Waals surface area contributed by atoms with Crippen LogP contribution in [0, 0.1) is 0 Å². The van der Waals surface area contributed by atoms with E-state index in [1.807, 2.05) is 19.9 Å². The van der Waals surface area contributed by atoms with Gasteiger partial charge in [-0.3, -0.25) is 0 Å². The van der Waals surface area contributed by atoms with Crippen molar-refractivity contribution in [3.8, 4) is 0 Å². The first-order valence-corrected chi connectivity index (χ1v) is 7.45. The molecule has 0 atom stereocenters. The second kappa shape index (κ2) is 7.62. The van der Waals surface area contributed by atoms with Crippen molar-refractivity contribution < 1.29 is 9.47 Å². The summed E-state index contributed by atoms with van der Waals surface area (Å²) in [4.78, 5) is 0. The SMILES string of the molecule is CCOC(OCC)[SiH2]Cc1ccccc1. The van der Waals surface area contributed by atoms with Gasteiger partial charge >= 0.3 is 0 Å². The van der Waals surface area contributed by atoms with Crippen molar-refractivity contribution in [1.82, 2.24) is 0 Å². The van der Waals surface area contributed by atoms with Crippen LogP contribution < -0.4 is 0 Å². The molecule has 0 radical (unpaired) electrons. The highest BCUT2D eigenvalue weighted by Crippen LogP contribution is 2.02. The smallest absolute Gasteiger partial charge is 0.135 e. The summed E-state index contributed by atoms with van der Waals surface area (Å²) >= 11 is 0. The fourth-order valence-corrected chi connectivity index (χ4v) is 3.22. The van der Waals surface area contributed by atoms with Crippen molar-refractivity contribution >= 4 is 9.52 Å². The van der Waals surface area contributed by atoms with Crippen LogP contribution >= 0.6 is 0 Å². The number of rotatable bonds is 7. The van der Waals surface area contributed by atoms with Crippen LogP contribution in [0.2, 0.25) is 0 Å². The third-order valence-corrected chi connectivity index (χ3v) is 4.03. The Morgan fingerprint density at radius 3 is 2.20 bits per heavy atom. The Labute approximate surface area is 94.4 Å². The van der Waals surface area contributed by atoms with Crippen molar-refractivity contribution in [3.63, 3.8) is 0 Å². The van der Waals surface area contributed by atoms with E-state index in [0.29, 0.717) is 0 Å². The van der Waals surface area contributed by atoms with Gasteiger partial charge in [-0.05, 0) is 19.9 Å². The minimum absolute atomic E-state index is 0.0835. The Morgan fingerprint density at radius 1 is 1.07 bits per heavy atom. The summed E-state index contributed by atoms with van der Waals surface area (Å²) < 4.78 is 11.1. The van der Waals surface area contributed by atoms with Crippen molar-refractivity contribution in [2.75, 3.05) is 13.2 Å². The summed E-state index contributed by atoms with van der Waals surface area (Å²) in [5.41, 5.74) is 1.40. The summed E-state index contributed by atoms with van der Waals surface area (Å²) in [7, 11) is -0.339. The summed E-state index contributed by atoms with van der Waals surface area (Å²) in [6, 6.07) is 11.7. The molecule has 0 aliphatic carbocycles. The molecular formula is C12H20O2Si. The predicted molar refractivity (Wildman–Crippen MR) is 65.7 cm³/mol. The van der Waals surface area contributed by atoms with E-state index in [4.69, 9.17) is 9.47 Å². The molecule has 84 valence electrons. The third-order valence-electron chi connectivity index (χ3n) is 2.22. The fourth-order valence-electron chi connectivity index (χ4n) is 1.52. The van der Waals surface area contributed by atoms with Crippen molar-refractivity contribution in [3.05, 3.63) is 35.9 Å². The average Bonchev–Trinajstić information content (AvgIpc) is 2.28. The lowest BCUT2D eigenvalue weighted by Gasteiger charge is -2.16. The third kappa shape index (κ3) is 5.11. The average molecular weight is 224 g/mol. The molecule has 0 saturated heterocycles. The van der Waals surface area contributed by atoms with E-state index in [-0.39, 0.29) is 15.4 Å². The van der Waals surface area contributed by atoms with Gasteiger partial charge < -0.3 is 9.47 Å². The van der Waals surface area contributed by atoms with Gasteiger partial charge in [-0.1, -0.05) is 35.9 Å². The zero-order valence-electron chi connectivity index (χ0n) is 9.61. The maximum absolute atomic E-state index is 5.54. The van der Waals surface area contributed by atoms with Gasteiger partial charge in [0.05, 0.1) is 9.52 Å². The molecule has 0 N–H and O–H groups in total. The zero-order chi connectivity index (χ0) is 10.9. The van der Waals surface area contributed by atoms with Crippen LogP contribution in [-0.2, 0) is 15.5 Å². The molecule has 0 spiro atoms. The standard InChI is InChI=1S/C12H20O2Si/c1-3-13-12(14-4-2)15-10-11-8-6-5-7-9-11/h5-9,12H,3-4,10,15H2,1-2H3. The van der Waals surface area contributed by atoms with E-state index in [1.54, 1.807) is 0 Å². The van der Waals surface area contributed by atoms with Crippen LogP contribution in [0.3, 0.4) is 0 Å². The molecule has 0 aliphatic heterocycles. The lowest BCUT2D eigenvalue weighted by Crippen LogP contribution is -2.26. The van der Waals surface area contributed by atoms with E-state index in [2.05, 4.69) is 24.3 Å². The number of hydrogen-bond donors (Lipinski definition) is 0. The van der Waals surface area contributed by atoms with E-state index in [0.717, 1.165) is 19.3 Å². The van der Waals surface area contributed by atoms with Gasteiger partial charge in [0.25, 0.3) is 0 Å². The van der Waals surface area contributed by atoms with Gasteiger partial charge in [0.2, 0.25) is 0 Å².